The molecule has 1 aromatic carbocycles. The van der Waals surface area contributed by atoms with E-state index in [0.717, 1.165) is 35.7 Å². The van der Waals surface area contributed by atoms with Crippen molar-refractivity contribution in [2.24, 2.45) is 4.99 Å². The molecule has 0 aromatic heterocycles. The topological polar surface area (TPSA) is 54.9 Å². The van der Waals surface area contributed by atoms with E-state index in [-0.39, 0.29) is 0 Å². The fourth-order valence-corrected chi connectivity index (χ4v) is 2.28. The van der Waals surface area contributed by atoms with E-state index in [9.17, 15) is 0 Å². The smallest absolute Gasteiger partial charge is 0.127 e. The molecule has 0 aliphatic carbocycles. The molecule has 5 nitrogen and oxygen atoms in total. The van der Waals surface area contributed by atoms with Gasteiger partial charge in [0.25, 0.3) is 0 Å². The van der Waals surface area contributed by atoms with Crippen LogP contribution in [0, 0.1) is 0 Å². The van der Waals surface area contributed by atoms with E-state index in [1.165, 1.54) is 0 Å². The van der Waals surface area contributed by atoms with Crippen LogP contribution in [0.3, 0.4) is 0 Å². The Bertz CT molecular complexity index is 540. The highest BCUT2D eigenvalue weighted by Gasteiger charge is 2.12. The maximum absolute atomic E-state index is 5.40. The number of methoxy groups -OCH3 is 2. The molecule has 1 aliphatic rings. The molecule has 1 unspecified atom stereocenters. The first-order valence-corrected chi connectivity index (χ1v) is 7.10. The quantitative estimate of drug-likeness (QED) is 0.894. The molecular weight excluding hydrogens is 266 g/mol. The molecule has 0 amide bonds. The number of rotatable bonds is 4. The maximum Gasteiger partial charge on any atom is 0.127 e. The van der Waals surface area contributed by atoms with Crippen LogP contribution in [0.2, 0.25) is 0 Å². The lowest BCUT2D eigenvalue weighted by atomic mass is 10.1. The van der Waals surface area contributed by atoms with E-state index in [1.54, 1.807) is 14.2 Å². The molecular formula is C16H23N3O2. The van der Waals surface area contributed by atoms with Crippen molar-refractivity contribution in [1.82, 2.24) is 10.6 Å². The number of benzene rings is 1. The van der Waals surface area contributed by atoms with Crippen LogP contribution >= 0.6 is 0 Å². The molecule has 5 heteroatoms. The van der Waals surface area contributed by atoms with Gasteiger partial charge >= 0.3 is 0 Å². The van der Waals surface area contributed by atoms with Gasteiger partial charge < -0.3 is 20.1 Å². The molecule has 2 rings (SSSR count). The minimum Gasteiger partial charge on any atom is -0.497 e. The molecule has 1 atom stereocenters. The summed E-state index contributed by atoms with van der Waals surface area (Å²) < 4.78 is 10.6. The van der Waals surface area contributed by atoms with Gasteiger partial charge in [0.15, 0.2) is 0 Å². The molecule has 1 heterocycles. The first kappa shape index (κ1) is 15.2. The molecule has 0 fully saturated rings. The highest BCUT2D eigenvalue weighted by Crippen LogP contribution is 2.24. The third-order valence-corrected chi connectivity index (χ3v) is 3.47. The van der Waals surface area contributed by atoms with Crippen LogP contribution in [-0.2, 0) is 6.54 Å². The Morgan fingerprint density at radius 1 is 1.38 bits per heavy atom. The average Bonchev–Trinajstić information content (AvgIpc) is 2.65. The molecule has 0 spiro atoms. The minimum absolute atomic E-state index is 0.399. The first-order chi connectivity index (χ1) is 10.1. The minimum atomic E-state index is 0.399. The van der Waals surface area contributed by atoms with E-state index >= 15 is 0 Å². The summed E-state index contributed by atoms with van der Waals surface area (Å²) in [6.45, 7) is 6.70. The van der Waals surface area contributed by atoms with E-state index in [1.807, 2.05) is 18.2 Å². The Balaban J connectivity index is 2.04. The van der Waals surface area contributed by atoms with Gasteiger partial charge in [-0.05, 0) is 25.5 Å². The predicted octanol–water partition coefficient (Wildman–Crippen LogP) is 2.44. The highest BCUT2D eigenvalue weighted by atomic mass is 16.5. The third kappa shape index (κ3) is 4.15. The van der Waals surface area contributed by atoms with Crippen LogP contribution in [0.4, 0.5) is 0 Å². The Kier molecular flexibility index (Phi) is 5.09. The summed E-state index contributed by atoms with van der Waals surface area (Å²) in [6.07, 6.45) is 1.94. The average molecular weight is 289 g/mol. The molecule has 1 aromatic rings. The van der Waals surface area contributed by atoms with Crippen molar-refractivity contribution in [2.75, 3.05) is 14.2 Å². The number of hydrogen-bond acceptors (Lipinski definition) is 5. The van der Waals surface area contributed by atoms with E-state index in [0.29, 0.717) is 18.4 Å². The van der Waals surface area contributed by atoms with Crippen LogP contribution in [-0.4, -0.2) is 26.1 Å². The fourth-order valence-electron chi connectivity index (χ4n) is 2.28. The molecule has 1 aliphatic heterocycles. The summed E-state index contributed by atoms with van der Waals surface area (Å²) in [4.78, 5) is 4.47. The molecule has 0 saturated heterocycles. The summed E-state index contributed by atoms with van der Waals surface area (Å²) >= 11 is 0. The number of hydrogen-bond donors (Lipinski definition) is 2. The Hall–Kier alpha value is -2.17. The number of aliphatic imine (C=N–C) groups is 1. The van der Waals surface area contributed by atoms with Gasteiger partial charge in [0, 0.05) is 30.6 Å². The summed E-state index contributed by atoms with van der Waals surface area (Å²) in [6, 6.07) is 6.21. The lowest BCUT2D eigenvalue weighted by Crippen LogP contribution is -2.23. The zero-order chi connectivity index (χ0) is 15.2. The monoisotopic (exact) mass is 289 g/mol. The number of nitrogens with one attached hydrogen (secondary N) is 2. The normalized spacial score (nSPS) is 18.3. The van der Waals surface area contributed by atoms with Crippen LogP contribution in [0.1, 0.15) is 25.3 Å². The summed E-state index contributed by atoms with van der Waals surface area (Å²) in [7, 11) is 3.31. The van der Waals surface area contributed by atoms with Crippen molar-refractivity contribution < 1.29 is 9.47 Å². The van der Waals surface area contributed by atoms with Gasteiger partial charge in [0.2, 0.25) is 0 Å². The van der Waals surface area contributed by atoms with Gasteiger partial charge in [-0.2, -0.15) is 0 Å². The van der Waals surface area contributed by atoms with Gasteiger partial charge in [0.1, 0.15) is 23.2 Å². The zero-order valence-electron chi connectivity index (χ0n) is 12.9. The molecule has 0 radical (unpaired) electrons. The van der Waals surface area contributed by atoms with E-state index < -0.39 is 0 Å². The summed E-state index contributed by atoms with van der Waals surface area (Å²) in [5, 5.41) is 6.61. The van der Waals surface area contributed by atoms with Crippen LogP contribution < -0.4 is 20.1 Å². The van der Waals surface area contributed by atoms with Crippen molar-refractivity contribution in [3.63, 3.8) is 0 Å². The molecule has 0 bridgehead atoms. The van der Waals surface area contributed by atoms with E-state index in [2.05, 4.69) is 29.1 Å². The molecule has 2 N–H and O–H groups in total. The Morgan fingerprint density at radius 2 is 2.19 bits per heavy atom. The fraction of sp³-hybridized carbons (Fsp3) is 0.438. The predicted molar refractivity (Wildman–Crippen MR) is 84.8 cm³/mol. The summed E-state index contributed by atoms with van der Waals surface area (Å²) in [5.41, 5.74) is 1.07. The summed E-state index contributed by atoms with van der Waals surface area (Å²) in [5.74, 6) is 3.26. The van der Waals surface area contributed by atoms with Crippen molar-refractivity contribution in [3.05, 3.63) is 36.2 Å². The molecule has 0 saturated carbocycles. The van der Waals surface area contributed by atoms with Crippen LogP contribution in [0.25, 0.3) is 0 Å². The third-order valence-electron chi connectivity index (χ3n) is 3.47. The van der Waals surface area contributed by atoms with Crippen LogP contribution in [0.15, 0.2) is 35.6 Å². The standard InChI is InChI=1S/C16H23N3O2/c1-11-5-8-16(19-12(2)18-11)17-10-13-6-7-14(20-3)9-15(13)21-4/h6-7,9,11,18H,2,5,8,10H2,1,3-4H3,(H,17,19). The largest absolute Gasteiger partial charge is 0.497 e. The van der Waals surface area contributed by atoms with Crippen molar-refractivity contribution >= 4 is 5.84 Å². The van der Waals surface area contributed by atoms with E-state index in [4.69, 9.17) is 9.47 Å². The Labute approximate surface area is 126 Å². The second kappa shape index (κ2) is 7.02. The lowest BCUT2D eigenvalue weighted by molar-refractivity contribution is 0.390. The van der Waals surface area contributed by atoms with Gasteiger partial charge in [0.05, 0.1) is 14.2 Å². The second-order valence-electron chi connectivity index (χ2n) is 5.12. The van der Waals surface area contributed by atoms with Crippen molar-refractivity contribution in [2.45, 2.75) is 32.4 Å². The lowest BCUT2D eigenvalue weighted by Gasteiger charge is -2.13. The molecule has 21 heavy (non-hydrogen) atoms. The number of amidine groups is 1. The van der Waals surface area contributed by atoms with Crippen LogP contribution in [0.5, 0.6) is 11.5 Å². The SMILES string of the molecule is C=C1N=C(NCc2ccc(OC)cc2OC)CCC(C)N1. The van der Waals surface area contributed by atoms with Gasteiger partial charge in [-0.1, -0.05) is 6.58 Å². The second-order valence-corrected chi connectivity index (χ2v) is 5.12. The van der Waals surface area contributed by atoms with Gasteiger partial charge in [-0.25, -0.2) is 4.99 Å². The number of nitrogens with zero attached hydrogens (tertiary/aromatic N) is 1. The maximum atomic E-state index is 5.40. The van der Waals surface area contributed by atoms with Gasteiger partial charge in [-0.15, -0.1) is 0 Å². The Morgan fingerprint density at radius 3 is 2.90 bits per heavy atom. The highest BCUT2D eigenvalue weighted by molar-refractivity contribution is 5.83. The van der Waals surface area contributed by atoms with Crippen molar-refractivity contribution in [1.29, 1.82) is 0 Å². The number of ether oxygens (including phenoxy) is 2. The molecule has 114 valence electrons. The zero-order valence-corrected chi connectivity index (χ0v) is 12.9. The first-order valence-electron chi connectivity index (χ1n) is 7.10. The van der Waals surface area contributed by atoms with Crippen molar-refractivity contribution in [3.8, 4) is 11.5 Å². The van der Waals surface area contributed by atoms with Gasteiger partial charge in [-0.3, -0.25) is 0 Å².